The standard InChI is InChI=1S/C25H29F2N5O2/c1-34-21-16-19-20(15-18(21)5-4-12-31-10-2-3-11-31)28-24(32-13-8-25(26,27)9-14-32)30-22(19)29-23(33)17-6-7-17/h15-17H,2-3,6-14H2,1H3,(H,28,29,30,33). The Morgan fingerprint density at radius 3 is 2.59 bits per heavy atom. The Balaban J connectivity index is 1.51. The number of carbonyl (C=O) groups excluding carboxylic acids is 1. The summed E-state index contributed by atoms with van der Waals surface area (Å²) in [6.07, 6.45) is 3.66. The molecule has 7 nitrogen and oxygen atoms in total. The number of ether oxygens (including phenoxy) is 1. The first-order valence-electron chi connectivity index (χ1n) is 12.0. The quantitative estimate of drug-likeness (QED) is 0.674. The number of hydrogen-bond acceptors (Lipinski definition) is 6. The molecule has 0 radical (unpaired) electrons. The van der Waals surface area contributed by atoms with E-state index in [1.165, 1.54) is 12.8 Å². The molecule has 2 aliphatic heterocycles. The normalized spacial score (nSPS) is 20.1. The predicted molar refractivity (Wildman–Crippen MR) is 126 cm³/mol. The van der Waals surface area contributed by atoms with E-state index >= 15 is 0 Å². The summed E-state index contributed by atoms with van der Waals surface area (Å²) in [4.78, 5) is 25.9. The molecule has 2 saturated heterocycles. The van der Waals surface area contributed by atoms with Gasteiger partial charge in [-0.15, -0.1) is 0 Å². The molecule has 0 spiro atoms. The van der Waals surface area contributed by atoms with Crippen LogP contribution in [0.3, 0.4) is 0 Å². The first-order chi connectivity index (χ1) is 16.4. The fourth-order valence-electron chi connectivity index (χ4n) is 4.43. The molecular formula is C25H29F2N5O2. The summed E-state index contributed by atoms with van der Waals surface area (Å²) in [5, 5.41) is 3.57. The SMILES string of the molecule is COc1cc2c(NC(=O)C3CC3)nc(N3CCC(F)(F)CC3)nc2cc1C#CCN1CCCC1. The van der Waals surface area contributed by atoms with Crippen molar-refractivity contribution in [3.05, 3.63) is 17.7 Å². The molecule has 9 heteroatoms. The van der Waals surface area contributed by atoms with E-state index in [0.29, 0.717) is 40.5 Å². The molecule has 1 aromatic carbocycles. The number of fused-ring (bicyclic) bond motifs is 1. The second kappa shape index (κ2) is 9.34. The van der Waals surface area contributed by atoms with Crippen molar-refractivity contribution in [3.63, 3.8) is 0 Å². The van der Waals surface area contributed by atoms with E-state index in [2.05, 4.69) is 32.0 Å². The number of aromatic nitrogens is 2. The highest BCUT2D eigenvalue weighted by Gasteiger charge is 2.35. The van der Waals surface area contributed by atoms with Crippen molar-refractivity contribution in [2.45, 2.75) is 44.4 Å². The number of rotatable bonds is 5. The Hall–Kier alpha value is -2.99. The van der Waals surface area contributed by atoms with Crippen LogP contribution in [-0.4, -0.2) is 66.5 Å². The Morgan fingerprint density at radius 1 is 1.18 bits per heavy atom. The molecule has 1 aliphatic carbocycles. The lowest BCUT2D eigenvalue weighted by Gasteiger charge is -2.32. The van der Waals surface area contributed by atoms with Crippen LogP contribution in [0.5, 0.6) is 5.75 Å². The zero-order valence-corrected chi connectivity index (χ0v) is 19.4. The van der Waals surface area contributed by atoms with E-state index in [-0.39, 0.29) is 37.8 Å². The van der Waals surface area contributed by atoms with Crippen LogP contribution in [-0.2, 0) is 4.79 Å². The zero-order valence-electron chi connectivity index (χ0n) is 19.4. The molecule has 1 N–H and O–H groups in total. The zero-order chi connectivity index (χ0) is 23.7. The molecule has 0 atom stereocenters. The van der Waals surface area contributed by atoms with Crippen molar-refractivity contribution < 1.29 is 18.3 Å². The van der Waals surface area contributed by atoms with Crippen LogP contribution in [0.1, 0.15) is 44.1 Å². The van der Waals surface area contributed by atoms with Gasteiger partial charge in [0.15, 0.2) is 0 Å². The van der Waals surface area contributed by atoms with Gasteiger partial charge in [0.2, 0.25) is 11.9 Å². The summed E-state index contributed by atoms with van der Waals surface area (Å²) in [6.45, 7) is 3.15. The summed E-state index contributed by atoms with van der Waals surface area (Å²) in [6, 6.07) is 3.63. The first kappa shape index (κ1) is 22.8. The highest BCUT2D eigenvalue weighted by molar-refractivity contribution is 6.02. The van der Waals surface area contributed by atoms with Crippen LogP contribution < -0.4 is 15.0 Å². The maximum Gasteiger partial charge on any atom is 0.251 e. The number of hydrogen-bond donors (Lipinski definition) is 1. The maximum absolute atomic E-state index is 13.7. The number of methoxy groups -OCH3 is 1. The number of nitrogens with zero attached hydrogens (tertiary/aromatic N) is 4. The van der Waals surface area contributed by atoms with Gasteiger partial charge >= 0.3 is 0 Å². The molecule has 3 heterocycles. The molecule has 1 saturated carbocycles. The third kappa shape index (κ3) is 5.07. The molecular weight excluding hydrogens is 440 g/mol. The molecule has 1 amide bonds. The van der Waals surface area contributed by atoms with E-state index in [4.69, 9.17) is 4.74 Å². The number of piperidine rings is 1. The third-order valence-electron chi connectivity index (χ3n) is 6.70. The van der Waals surface area contributed by atoms with Gasteiger partial charge in [-0.25, -0.2) is 13.8 Å². The number of nitrogens with one attached hydrogen (secondary N) is 1. The van der Waals surface area contributed by atoms with Crippen molar-refractivity contribution in [3.8, 4) is 17.6 Å². The molecule has 1 aromatic heterocycles. The lowest BCUT2D eigenvalue weighted by Crippen LogP contribution is -2.40. The van der Waals surface area contributed by atoms with E-state index < -0.39 is 5.92 Å². The summed E-state index contributed by atoms with van der Waals surface area (Å²) >= 11 is 0. The Labute approximate surface area is 197 Å². The molecule has 180 valence electrons. The number of halogens is 2. The van der Waals surface area contributed by atoms with E-state index in [1.54, 1.807) is 18.1 Å². The van der Waals surface area contributed by atoms with Gasteiger partial charge in [-0.2, -0.15) is 4.98 Å². The number of amides is 1. The minimum Gasteiger partial charge on any atom is -0.495 e. The number of alkyl halides is 2. The fourth-order valence-corrected chi connectivity index (χ4v) is 4.43. The first-order valence-corrected chi connectivity index (χ1v) is 12.0. The lowest BCUT2D eigenvalue weighted by atomic mass is 10.1. The van der Waals surface area contributed by atoms with Crippen molar-refractivity contribution in [1.82, 2.24) is 14.9 Å². The number of benzene rings is 1. The van der Waals surface area contributed by atoms with Gasteiger partial charge in [0.25, 0.3) is 5.92 Å². The molecule has 3 aliphatic rings. The van der Waals surface area contributed by atoms with Gasteiger partial charge in [0.05, 0.1) is 24.7 Å². The maximum atomic E-state index is 13.7. The number of anilines is 2. The molecule has 3 fully saturated rings. The summed E-state index contributed by atoms with van der Waals surface area (Å²) in [5.74, 6) is 4.99. The van der Waals surface area contributed by atoms with Crippen molar-refractivity contribution in [2.75, 3.05) is 50.1 Å². The van der Waals surface area contributed by atoms with Gasteiger partial charge < -0.3 is 15.0 Å². The third-order valence-corrected chi connectivity index (χ3v) is 6.70. The van der Waals surface area contributed by atoms with Crippen LogP contribution >= 0.6 is 0 Å². The molecule has 34 heavy (non-hydrogen) atoms. The average molecular weight is 470 g/mol. The summed E-state index contributed by atoms with van der Waals surface area (Å²) in [5.41, 5.74) is 1.29. The minimum atomic E-state index is -2.66. The Bertz CT molecular complexity index is 1140. The van der Waals surface area contributed by atoms with Crippen LogP contribution in [0.2, 0.25) is 0 Å². The topological polar surface area (TPSA) is 70.6 Å². The molecule has 0 unspecified atom stereocenters. The van der Waals surface area contributed by atoms with E-state index in [9.17, 15) is 13.6 Å². The highest BCUT2D eigenvalue weighted by atomic mass is 19.3. The summed E-state index contributed by atoms with van der Waals surface area (Å²) < 4.78 is 33.0. The largest absolute Gasteiger partial charge is 0.495 e. The summed E-state index contributed by atoms with van der Waals surface area (Å²) in [7, 11) is 1.58. The highest BCUT2D eigenvalue weighted by Crippen LogP contribution is 2.35. The Kier molecular flexibility index (Phi) is 6.26. The second-order valence-corrected chi connectivity index (χ2v) is 9.33. The van der Waals surface area contributed by atoms with Crippen LogP contribution in [0, 0.1) is 17.8 Å². The van der Waals surface area contributed by atoms with Gasteiger partial charge in [0.1, 0.15) is 11.6 Å². The van der Waals surface area contributed by atoms with Crippen molar-refractivity contribution >= 4 is 28.6 Å². The monoisotopic (exact) mass is 469 g/mol. The van der Waals surface area contributed by atoms with Crippen molar-refractivity contribution in [1.29, 1.82) is 0 Å². The van der Waals surface area contributed by atoms with Crippen LogP contribution in [0.15, 0.2) is 12.1 Å². The van der Waals surface area contributed by atoms with Crippen LogP contribution in [0.4, 0.5) is 20.5 Å². The van der Waals surface area contributed by atoms with Gasteiger partial charge in [0, 0.05) is 37.2 Å². The predicted octanol–water partition coefficient (Wildman–Crippen LogP) is 3.67. The molecule has 5 rings (SSSR count). The minimum absolute atomic E-state index is 0.000216. The van der Waals surface area contributed by atoms with Crippen LogP contribution in [0.25, 0.3) is 10.9 Å². The molecule has 2 aromatic rings. The molecule has 0 bridgehead atoms. The average Bonchev–Trinajstić information content (AvgIpc) is 3.55. The number of likely N-dealkylation sites (tertiary alicyclic amines) is 1. The van der Waals surface area contributed by atoms with Gasteiger partial charge in [-0.1, -0.05) is 11.8 Å². The van der Waals surface area contributed by atoms with E-state index in [0.717, 1.165) is 25.9 Å². The lowest BCUT2D eigenvalue weighted by molar-refractivity contribution is -0.117. The Morgan fingerprint density at radius 2 is 1.91 bits per heavy atom. The van der Waals surface area contributed by atoms with Crippen molar-refractivity contribution in [2.24, 2.45) is 5.92 Å². The second-order valence-electron chi connectivity index (χ2n) is 9.33. The number of carbonyl (C=O) groups is 1. The fraction of sp³-hybridized carbons (Fsp3) is 0.560. The van der Waals surface area contributed by atoms with E-state index in [1.807, 2.05) is 6.07 Å². The van der Waals surface area contributed by atoms with Gasteiger partial charge in [-0.3, -0.25) is 9.69 Å². The smallest absolute Gasteiger partial charge is 0.251 e. The van der Waals surface area contributed by atoms with Gasteiger partial charge in [-0.05, 0) is 50.9 Å².